The number of rotatable bonds is 2. The summed E-state index contributed by atoms with van der Waals surface area (Å²) >= 11 is 0. The van der Waals surface area contributed by atoms with Crippen LogP contribution in [-0.2, 0) is 12.8 Å². The Morgan fingerprint density at radius 2 is 2.11 bits per heavy atom. The Labute approximate surface area is 113 Å². The number of nitrogen functional groups attached to an aromatic ring is 1. The highest BCUT2D eigenvalue weighted by molar-refractivity contribution is 5.79. The smallest absolute Gasteiger partial charge is 0.131 e. The predicted octanol–water partition coefficient (Wildman–Crippen LogP) is 3.22. The van der Waals surface area contributed by atoms with Crippen molar-refractivity contribution in [1.29, 1.82) is 0 Å². The van der Waals surface area contributed by atoms with Crippen LogP contribution in [0.2, 0.25) is 0 Å². The first kappa shape index (κ1) is 12.0. The van der Waals surface area contributed by atoms with E-state index in [0.29, 0.717) is 5.82 Å². The molecule has 1 aliphatic rings. The number of para-hydroxylation sites is 1. The van der Waals surface area contributed by atoms with Gasteiger partial charge in [-0.3, -0.25) is 0 Å². The lowest BCUT2D eigenvalue weighted by Gasteiger charge is -2.21. The van der Waals surface area contributed by atoms with Gasteiger partial charge in [-0.25, -0.2) is 4.98 Å². The van der Waals surface area contributed by atoms with Crippen LogP contribution in [-0.4, -0.2) is 11.6 Å². The summed E-state index contributed by atoms with van der Waals surface area (Å²) in [7, 11) is 0. The number of nitrogens with two attached hydrogens (primary N) is 1. The van der Waals surface area contributed by atoms with Crippen molar-refractivity contribution < 1.29 is 4.74 Å². The van der Waals surface area contributed by atoms with Crippen LogP contribution in [0.15, 0.2) is 30.3 Å². The molecule has 3 nitrogen and oxygen atoms in total. The summed E-state index contributed by atoms with van der Waals surface area (Å²) in [5.41, 5.74) is 10.4. The molecule has 1 aromatic heterocycles. The molecule has 2 N–H and O–H groups in total. The number of aromatic nitrogens is 1. The molecule has 0 saturated heterocycles. The van der Waals surface area contributed by atoms with Gasteiger partial charge < -0.3 is 10.5 Å². The normalized spacial score (nSPS) is 13.7. The van der Waals surface area contributed by atoms with Crippen molar-refractivity contribution in [2.24, 2.45) is 0 Å². The molecule has 0 bridgehead atoms. The molecule has 0 radical (unpaired) electrons. The zero-order chi connectivity index (χ0) is 13.2. The number of aryl methyl sites for hydroxylation is 2. The highest BCUT2D eigenvalue weighted by Crippen LogP contribution is 2.38. The van der Waals surface area contributed by atoms with E-state index in [-0.39, 0.29) is 0 Å². The van der Waals surface area contributed by atoms with Gasteiger partial charge in [0.05, 0.1) is 6.61 Å². The minimum atomic E-state index is 0.585. The second-order valence-electron chi connectivity index (χ2n) is 4.83. The first-order valence-corrected chi connectivity index (χ1v) is 6.80. The Morgan fingerprint density at radius 1 is 1.21 bits per heavy atom. The monoisotopic (exact) mass is 254 g/mol. The van der Waals surface area contributed by atoms with Crippen LogP contribution in [0.3, 0.4) is 0 Å². The van der Waals surface area contributed by atoms with E-state index < -0.39 is 0 Å². The van der Waals surface area contributed by atoms with E-state index in [0.717, 1.165) is 48.4 Å². The van der Waals surface area contributed by atoms with E-state index >= 15 is 0 Å². The van der Waals surface area contributed by atoms with Gasteiger partial charge in [-0.15, -0.1) is 0 Å². The number of benzene rings is 1. The summed E-state index contributed by atoms with van der Waals surface area (Å²) in [6.45, 7) is 2.86. The lowest BCUT2D eigenvalue weighted by Crippen LogP contribution is -2.09. The average Bonchev–Trinajstić information content (AvgIpc) is 2.46. The van der Waals surface area contributed by atoms with Crippen LogP contribution in [0.5, 0.6) is 5.75 Å². The van der Waals surface area contributed by atoms with Gasteiger partial charge in [-0.2, -0.15) is 0 Å². The van der Waals surface area contributed by atoms with Gasteiger partial charge in [-0.1, -0.05) is 25.1 Å². The van der Waals surface area contributed by atoms with Crippen molar-refractivity contribution in [3.63, 3.8) is 0 Å². The second-order valence-corrected chi connectivity index (χ2v) is 4.83. The molecule has 0 atom stereocenters. The third-order valence-corrected chi connectivity index (χ3v) is 3.57. The van der Waals surface area contributed by atoms with Gasteiger partial charge in [0.25, 0.3) is 0 Å². The molecule has 2 aromatic rings. The fourth-order valence-corrected chi connectivity index (χ4v) is 2.54. The number of fused-ring (bicyclic) bond motifs is 1. The topological polar surface area (TPSA) is 48.1 Å². The lowest BCUT2D eigenvalue weighted by molar-refractivity contribution is 0.289. The summed E-state index contributed by atoms with van der Waals surface area (Å²) in [5, 5.41) is 0. The molecule has 2 heterocycles. The van der Waals surface area contributed by atoms with Crippen molar-refractivity contribution in [2.75, 3.05) is 12.3 Å². The quantitative estimate of drug-likeness (QED) is 0.895. The van der Waals surface area contributed by atoms with E-state index in [9.17, 15) is 0 Å². The summed E-state index contributed by atoms with van der Waals surface area (Å²) < 4.78 is 5.84. The van der Waals surface area contributed by atoms with Gasteiger partial charge in [0.15, 0.2) is 0 Å². The fraction of sp³-hybridized carbons (Fsp3) is 0.312. The minimum Gasteiger partial charge on any atom is -0.493 e. The molecular weight excluding hydrogens is 236 g/mol. The number of pyridine rings is 1. The lowest BCUT2D eigenvalue weighted by atomic mass is 9.98. The predicted molar refractivity (Wildman–Crippen MR) is 77.3 cm³/mol. The number of anilines is 1. The van der Waals surface area contributed by atoms with Crippen molar-refractivity contribution in [3.05, 3.63) is 41.6 Å². The second kappa shape index (κ2) is 4.92. The van der Waals surface area contributed by atoms with Crippen LogP contribution >= 0.6 is 0 Å². The van der Waals surface area contributed by atoms with E-state index in [1.54, 1.807) is 0 Å². The zero-order valence-electron chi connectivity index (χ0n) is 11.1. The Hall–Kier alpha value is -2.03. The van der Waals surface area contributed by atoms with E-state index in [4.69, 9.17) is 10.5 Å². The summed E-state index contributed by atoms with van der Waals surface area (Å²) in [5.74, 6) is 1.56. The van der Waals surface area contributed by atoms with E-state index in [1.807, 2.05) is 6.07 Å². The van der Waals surface area contributed by atoms with Crippen molar-refractivity contribution in [2.45, 2.75) is 26.2 Å². The largest absolute Gasteiger partial charge is 0.493 e. The molecule has 0 saturated carbocycles. The molecule has 1 aliphatic heterocycles. The average molecular weight is 254 g/mol. The SMILES string of the molecule is CCc1ccc(-c2cccc3c2OCCC3)c(N)n1. The minimum absolute atomic E-state index is 0.585. The number of hydrogen-bond donors (Lipinski definition) is 1. The first-order valence-electron chi connectivity index (χ1n) is 6.80. The van der Waals surface area contributed by atoms with Gasteiger partial charge >= 0.3 is 0 Å². The van der Waals surface area contributed by atoms with Gasteiger partial charge in [0, 0.05) is 16.8 Å². The fourth-order valence-electron chi connectivity index (χ4n) is 2.54. The van der Waals surface area contributed by atoms with Gasteiger partial charge in [-0.05, 0) is 37.0 Å². The Bertz CT molecular complexity index is 608. The Balaban J connectivity index is 2.12. The molecule has 0 unspecified atom stereocenters. The standard InChI is InChI=1S/C16H18N2O/c1-2-12-8-9-14(16(17)18-12)13-7-3-5-11-6-4-10-19-15(11)13/h3,5,7-9H,2,4,6,10H2,1H3,(H2,17,18). The molecule has 98 valence electrons. The van der Waals surface area contributed by atoms with Gasteiger partial charge in [0.2, 0.25) is 0 Å². The molecule has 0 aliphatic carbocycles. The summed E-state index contributed by atoms with van der Waals surface area (Å²) in [6, 6.07) is 10.3. The highest BCUT2D eigenvalue weighted by Gasteiger charge is 2.17. The molecule has 3 rings (SSSR count). The van der Waals surface area contributed by atoms with Crippen molar-refractivity contribution in [1.82, 2.24) is 4.98 Å². The molecule has 3 heteroatoms. The number of ether oxygens (including phenoxy) is 1. The summed E-state index contributed by atoms with van der Waals surface area (Å²) in [4.78, 5) is 4.44. The molecular formula is C16H18N2O. The van der Waals surface area contributed by atoms with Crippen LogP contribution in [0, 0.1) is 0 Å². The van der Waals surface area contributed by atoms with E-state index in [2.05, 4.69) is 36.2 Å². The van der Waals surface area contributed by atoms with Crippen LogP contribution < -0.4 is 10.5 Å². The van der Waals surface area contributed by atoms with Crippen molar-refractivity contribution in [3.8, 4) is 16.9 Å². The molecule has 0 fully saturated rings. The molecule has 19 heavy (non-hydrogen) atoms. The molecule has 0 amide bonds. The maximum Gasteiger partial charge on any atom is 0.131 e. The molecule has 1 aromatic carbocycles. The summed E-state index contributed by atoms with van der Waals surface area (Å²) in [6.07, 6.45) is 3.05. The highest BCUT2D eigenvalue weighted by atomic mass is 16.5. The maximum atomic E-state index is 6.10. The van der Waals surface area contributed by atoms with Crippen LogP contribution in [0.4, 0.5) is 5.82 Å². The number of nitrogens with zero attached hydrogens (tertiary/aromatic N) is 1. The van der Waals surface area contributed by atoms with Crippen LogP contribution in [0.25, 0.3) is 11.1 Å². The third kappa shape index (κ3) is 2.16. The van der Waals surface area contributed by atoms with Gasteiger partial charge in [0.1, 0.15) is 11.6 Å². The number of hydrogen-bond acceptors (Lipinski definition) is 3. The Kier molecular flexibility index (Phi) is 3.11. The van der Waals surface area contributed by atoms with Crippen LogP contribution in [0.1, 0.15) is 24.6 Å². The molecule has 0 spiro atoms. The maximum absolute atomic E-state index is 6.10. The first-order chi connectivity index (χ1) is 9.29. The van der Waals surface area contributed by atoms with E-state index in [1.165, 1.54) is 5.56 Å². The zero-order valence-corrected chi connectivity index (χ0v) is 11.1. The Morgan fingerprint density at radius 3 is 2.89 bits per heavy atom. The van der Waals surface area contributed by atoms with Crippen molar-refractivity contribution >= 4 is 5.82 Å². The third-order valence-electron chi connectivity index (χ3n) is 3.57.